The van der Waals surface area contributed by atoms with Crippen molar-refractivity contribution >= 4 is 5.91 Å². The number of rotatable bonds is 6. The van der Waals surface area contributed by atoms with Crippen molar-refractivity contribution in [1.29, 1.82) is 0 Å². The smallest absolute Gasteiger partial charge is 0.223 e. The summed E-state index contributed by atoms with van der Waals surface area (Å²) in [7, 11) is 0. The molecule has 1 amide bonds. The summed E-state index contributed by atoms with van der Waals surface area (Å²) >= 11 is 0. The van der Waals surface area contributed by atoms with Gasteiger partial charge in [-0.2, -0.15) is 0 Å². The number of aromatic nitrogens is 1. The second-order valence-electron chi connectivity index (χ2n) is 4.35. The van der Waals surface area contributed by atoms with E-state index in [0.717, 1.165) is 24.0 Å². The van der Waals surface area contributed by atoms with Crippen LogP contribution in [0.25, 0.3) is 0 Å². The van der Waals surface area contributed by atoms with Gasteiger partial charge in [0.2, 0.25) is 5.91 Å². The number of aryl methyl sites for hydroxylation is 1. The molecule has 1 atom stereocenters. The van der Waals surface area contributed by atoms with Crippen LogP contribution < -0.4 is 11.1 Å². The average Bonchev–Trinajstić information content (AvgIpc) is 2.34. The quantitative estimate of drug-likeness (QED) is 0.782. The molecule has 94 valence electrons. The molecule has 0 aromatic carbocycles. The lowest BCUT2D eigenvalue weighted by molar-refractivity contribution is -0.124. The first-order valence-electron chi connectivity index (χ1n) is 6.02. The highest BCUT2D eigenvalue weighted by molar-refractivity contribution is 5.78. The van der Waals surface area contributed by atoms with Crippen molar-refractivity contribution in [1.82, 2.24) is 10.3 Å². The molecule has 0 saturated heterocycles. The van der Waals surface area contributed by atoms with Gasteiger partial charge in [-0.15, -0.1) is 0 Å². The zero-order chi connectivity index (χ0) is 12.7. The molecule has 1 aromatic rings. The molecule has 0 aliphatic heterocycles. The van der Waals surface area contributed by atoms with Crippen molar-refractivity contribution in [2.24, 2.45) is 11.7 Å². The summed E-state index contributed by atoms with van der Waals surface area (Å²) in [5.74, 6) is 0.121. The van der Waals surface area contributed by atoms with Gasteiger partial charge in [-0.3, -0.25) is 9.78 Å². The number of nitrogens with two attached hydrogens (primary N) is 1. The topological polar surface area (TPSA) is 68.0 Å². The van der Waals surface area contributed by atoms with Crippen LogP contribution in [0.5, 0.6) is 0 Å². The van der Waals surface area contributed by atoms with Gasteiger partial charge in [-0.05, 0) is 43.5 Å². The first-order chi connectivity index (χ1) is 8.15. The fraction of sp³-hybridized carbons (Fsp3) is 0.538. The second-order valence-corrected chi connectivity index (χ2v) is 4.35. The van der Waals surface area contributed by atoms with Crippen LogP contribution in [0, 0.1) is 12.8 Å². The minimum Gasteiger partial charge on any atom is -0.352 e. The highest BCUT2D eigenvalue weighted by Crippen LogP contribution is 2.07. The summed E-state index contributed by atoms with van der Waals surface area (Å²) in [6, 6.07) is 1.93. The first-order valence-corrected chi connectivity index (χ1v) is 6.02. The Kier molecular flexibility index (Phi) is 5.63. The van der Waals surface area contributed by atoms with Crippen LogP contribution in [0.3, 0.4) is 0 Å². The van der Waals surface area contributed by atoms with Gasteiger partial charge in [0, 0.05) is 24.9 Å². The summed E-state index contributed by atoms with van der Waals surface area (Å²) in [6.07, 6.45) is 5.28. The number of amides is 1. The largest absolute Gasteiger partial charge is 0.352 e. The van der Waals surface area contributed by atoms with Crippen molar-refractivity contribution in [2.75, 3.05) is 6.54 Å². The van der Waals surface area contributed by atoms with Crippen molar-refractivity contribution < 1.29 is 4.79 Å². The molecule has 0 fully saturated rings. The zero-order valence-electron chi connectivity index (χ0n) is 10.6. The van der Waals surface area contributed by atoms with Gasteiger partial charge < -0.3 is 11.1 Å². The number of carbonyl (C=O) groups excluding carboxylic acids is 1. The van der Waals surface area contributed by atoms with Gasteiger partial charge in [-0.25, -0.2) is 0 Å². The molecule has 0 radical (unpaired) electrons. The van der Waals surface area contributed by atoms with E-state index < -0.39 is 0 Å². The van der Waals surface area contributed by atoms with Crippen LogP contribution in [0.2, 0.25) is 0 Å². The Bertz CT molecular complexity index is 365. The molecule has 0 spiro atoms. The number of pyridine rings is 1. The summed E-state index contributed by atoms with van der Waals surface area (Å²) in [5.41, 5.74) is 7.63. The summed E-state index contributed by atoms with van der Waals surface area (Å²) < 4.78 is 0. The summed E-state index contributed by atoms with van der Waals surface area (Å²) in [4.78, 5) is 15.8. The molecule has 0 bridgehead atoms. The minimum absolute atomic E-state index is 0.0284. The first kappa shape index (κ1) is 13.6. The predicted molar refractivity (Wildman–Crippen MR) is 68.3 cm³/mol. The Balaban J connectivity index is 2.40. The SMILES string of the molecule is Cc1cnccc1CNC(=O)C(C)CCCN. The standard InChI is InChI=1S/C13H21N3O/c1-10(4-3-6-14)13(17)16-9-12-5-7-15-8-11(12)2/h5,7-8,10H,3-4,6,9,14H2,1-2H3,(H,16,17). The van der Waals surface area contributed by atoms with E-state index in [2.05, 4.69) is 10.3 Å². The number of carbonyl (C=O) groups is 1. The van der Waals surface area contributed by atoms with Gasteiger partial charge in [0.25, 0.3) is 0 Å². The highest BCUT2D eigenvalue weighted by atomic mass is 16.1. The average molecular weight is 235 g/mol. The molecule has 1 aromatic heterocycles. The molecule has 4 heteroatoms. The Morgan fingerprint density at radius 3 is 3.00 bits per heavy atom. The van der Waals surface area contributed by atoms with E-state index in [9.17, 15) is 4.79 Å². The van der Waals surface area contributed by atoms with Gasteiger partial charge in [0.15, 0.2) is 0 Å². The van der Waals surface area contributed by atoms with E-state index in [4.69, 9.17) is 5.73 Å². The molecule has 0 saturated carbocycles. The lowest BCUT2D eigenvalue weighted by atomic mass is 10.0. The zero-order valence-corrected chi connectivity index (χ0v) is 10.6. The number of hydrogen-bond donors (Lipinski definition) is 2. The molecule has 3 N–H and O–H groups in total. The number of nitrogens with one attached hydrogen (secondary N) is 1. The number of hydrogen-bond acceptors (Lipinski definition) is 3. The third-order valence-corrected chi connectivity index (χ3v) is 2.88. The third-order valence-electron chi connectivity index (χ3n) is 2.88. The number of nitrogens with zero attached hydrogens (tertiary/aromatic N) is 1. The van der Waals surface area contributed by atoms with E-state index in [1.165, 1.54) is 0 Å². The fourth-order valence-corrected chi connectivity index (χ4v) is 1.61. The molecule has 0 aliphatic carbocycles. The molecule has 0 aliphatic rings. The molecule has 4 nitrogen and oxygen atoms in total. The summed E-state index contributed by atoms with van der Waals surface area (Å²) in [5, 5.41) is 2.94. The Hall–Kier alpha value is -1.42. The Morgan fingerprint density at radius 2 is 2.35 bits per heavy atom. The second kappa shape index (κ2) is 7.01. The Labute approximate surface area is 103 Å². The van der Waals surface area contributed by atoms with Crippen LogP contribution in [0.15, 0.2) is 18.5 Å². The van der Waals surface area contributed by atoms with Crippen molar-refractivity contribution in [3.63, 3.8) is 0 Å². The van der Waals surface area contributed by atoms with Gasteiger partial charge in [0.1, 0.15) is 0 Å². The van der Waals surface area contributed by atoms with Crippen molar-refractivity contribution in [2.45, 2.75) is 33.2 Å². The van der Waals surface area contributed by atoms with Crippen LogP contribution in [0.4, 0.5) is 0 Å². The van der Waals surface area contributed by atoms with Gasteiger partial charge in [0.05, 0.1) is 0 Å². The van der Waals surface area contributed by atoms with Gasteiger partial charge >= 0.3 is 0 Å². The van der Waals surface area contributed by atoms with E-state index >= 15 is 0 Å². The maximum atomic E-state index is 11.8. The fourth-order valence-electron chi connectivity index (χ4n) is 1.61. The maximum Gasteiger partial charge on any atom is 0.223 e. The lowest BCUT2D eigenvalue weighted by Gasteiger charge is -2.12. The maximum absolute atomic E-state index is 11.8. The molecule has 1 heterocycles. The predicted octanol–water partition coefficient (Wildman–Crippen LogP) is 1.38. The van der Waals surface area contributed by atoms with Crippen LogP contribution in [0.1, 0.15) is 30.9 Å². The Morgan fingerprint density at radius 1 is 1.59 bits per heavy atom. The molecule has 1 rings (SSSR count). The lowest BCUT2D eigenvalue weighted by Crippen LogP contribution is -2.29. The van der Waals surface area contributed by atoms with E-state index in [0.29, 0.717) is 13.1 Å². The van der Waals surface area contributed by atoms with Crippen molar-refractivity contribution in [3.05, 3.63) is 29.6 Å². The normalized spacial score (nSPS) is 12.2. The van der Waals surface area contributed by atoms with Crippen LogP contribution in [-0.4, -0.2) is 17.4 Å². The summed E-state index contributed by atoms with van der Waals surface area (Å²) in [6.45, 7) is 5.14. The highest BCUT2D eigenvalue weighted by Gasteiger charge is 2.11. The monoisotopic (exact) mass is 235 g/mol. The molecular weight excluding hydrogens is 214 g/mol. The molecule has 17 heavy (non-hydrogen) atoms. The molecular formula is C13H21N3O. The van der Waals surface area contributed by atoms with Gasteiger partial charge in [-0.1, -0.05) is 6.92 Å². The van der Waals surface area contributed by atoms with E-state index in [1.54, 1.807) is 12.4 Å². The molecule has 1 unspecified atom stereocenters. The van der Waals surface area contributed by atoms with Crippen LogP contribution >= 0.6 is 0 Å². The third kappa shape index (κ3) is 4.53. The van der Waals surface area contributed by atoms with Crippen molar-refractivity contribution in [3.8, 4) is 0 Å². The van der Waals surface area contributed by atoms with Crippen LogP contribution in [-0.2, 0) is 11.3 Å². The van der Waals surface area contributed by atoms with E-state index in [-0.39, 0.29) is 11.8 Å². The minimum atomic E-state index is 0.0284. The van der Waals surface area contributed by atoms with E-state index in [1.807, 2.05) is 19.9 Å².